The number of halogens is 3. The predicted molar refractivity (Wildman–Crippen MR) is 253 cm³/mol. The van der Waals surface area contributed by atoms with E-state index in [-0.39, 0.29) is 19.8 Å². The van der Waals surface area contributed by atoms with Crippen LogP contribution in [-0.2, 0) is 105 Å². The summed E-state index contributed by atoms with van der Waals surface area (Å²) in [6.45, 7) is 2.20. The Bertz CT molecular complexity index is 2220. The smallest absolute Gasteiger partial charge is 0.407 e. The molecule has 11 atom stereocenters. The van der Waals surface area contributed by atoms with Crippen LogP contribution < -0.4 is 5.32 Å². The second-order valence-electron chi connectivity index (χ2n) is 16.4. The summed E-state index contributed by atoms with van der Waals surface area (Å²) in [5.41, 5.74) is 2.44. The van der Waals surface area contributed by atoms with Crippen molar-refractivity contribution in [1.29, 1.82) is 0 Å². The average molecular weight is 1070 g/mol. The van der Waals surface area contributed by atoms with Crippen molar-refractivity contribution in [3.63, 3.8) is 0 Å². The minimum atomic E-state index is -2.67. The second-order valence-corrected chi connectivity index (χ2v) is 19.0. The van der Waals surface area contributed by atoms with Crippen LogP contribution in [0.4, 0.5) is 4.79 Å². The summed E-state index contributed by atoms with van der Waals surface area (Å²) in [6.07, 6.45) is -14.6. The number of hydrogen-bond acceptors (Lipinski definition) is 19. The number of ether oxygens (including phenoxy) is 13. The fraction of sp³-hybridized carbons (Fsp3) is 0.510. The molecule has 23 heteroatoms. The van der Waals surface area contributed by atoms with Crippen LogP contribution in [0.1, 0.15) is 50.8 Å². The number of rotatable bonds is 23. The summed E-state index contributed by atoms with van der Waals surface area (Å²) in [7, 11) is 2.42. The van der Waals surface area contributed by atoms with E-state index in [1.54, 1.807) is 0 Å². The number of amides is 1. The van der Waals surface area contributed by atoms with Gasteiger partial charge < -0.3 is 66.9 Å². The molecule has 2 fully saturated rings. The Morgan fingerprint density at radius 2 is 1.22 bits per heavy atom. The molecule has 394 valence electrons. The number of carbonyl (C=O) groups excluding carboxylic acids is 6. The molecule has 2 heterocycles. The molecule has 1 amide bonds. The zero-order valence-electron chi connectivity index (χ0n) is 40.3. The zero-order chi connectivity index (χ0) is 52.4. The molecule has 0 saturated carbocycles. The second kappa shape index (κ2) is 27.8. The summed E-state index contributed by atoms with van der Waals surface area (Å²) >= 11 is 17.5. The standard InChI is InChI=1S/C49H58Cl3NO19/c1-29(54)62-26-37(69-31(3)56)41(70-32(4)57)42-39(53-47(59)66-28-49(50,51)52)36(68-30(2)55)22-48(72-42,46(58)61-6)67-27-38-40(63-23-33-16-10-7-11-17-33)43(64-24-34-18-12-8-13-19-34)44(45(60-5)71-38)65-25-35-20-14-9-15-21-35/h7-21,36-45H,22-28H2,1-6H3,(H,53,59)/t36-,37+,38+,39+,40+,41+,42+,43-,44+,45-,48+/m0/s1. The SMILES string of the molecule is COC(=O)[C@@]1(OC[C@H]2O[C@H](OC)[C@H](OCc3ccccc3)[C@@H](OCc3ccccc3)[C@@H]2OCc2ccccc2)C[C@H](OC(C)=O)[C@@H](NC(=O)OCC(Cl)(Cl)Cl)[C@H]([C@H](OC(C)=O)[C@@H](COC(C)=O)OC(C)=O)O1. The van der Waals surface area contributed by atoms with Crippen molar-refractivity contribution in [1.82, 2.24) is 5.32 Å². The molecule has 3 aromatic carbocycles. The van der Waals surface area contributed by atoms with Gasteiger partial charge in [-0.2, -0.15) is 0 Å². The minimum absolute atomic E-state index is 0.0283. The number of hydrogen-bond donors (Lipinski definition) is 1. The Hall–Kier alpha value is -5.13. The number of carbonyl (C=O) groups is 6. The lowest BCUT2D eigenvalue weighted by molar-refractivity contribution is -0.348. The highest BCUT2D eigenvalue weighted by Crippen LogP contribution is 2.39. The normalized spacial score (nSPS) is 24.9. The molecular formula is C49H58Cl3NO19. The summed E-state index contributed by atoms with van der Waals surface area (Å²) in [4.78, 5) is 78.5. The van der Waals surface area contributed by atoms with Gasteiger partial charge in [0, 0.05) is 34.8 Å². The van der Waals surface area contributed by atoms with Crippen LogP contribution in [0.25, 0.3) is 0 Å². The number of esters is 5. The zero-order valence-corrected chi connectivity index (χ0v) is 42.5. The first-order chi connectivity index (χ1) is 34.3. The van der Waals surface area contributed by atoms with E-state index in [2.05, 4.69) is 5.32 Å². The Kier molecular flexibility index (Phi) is 22.3. The van der Waals surface area contributed by atoms with Crippen molar-refractivity contribution >= 4 is 70.7 Å². The molecular weight excluding hydrogens is 1010 g/mol. The van der Waals surface area contributed by atoms with Crippen molar-refractivity contribution in [2.45, 2.75) is 125 Å². The van der Waals surface area contributed by atoms with E-state index in [0.717, 1.165) is 51.5 Å². The van der Waals surface area contributed by atoms with Crippen LogP contribution in [0.2, 0.25) is 0 Å². The Labute approximate surface area is 431 Å². The van der Waals surface area contributed by atoms with Gasteiger partial charge in [0.1, 0.15) is 49.8 Å². The summed E-state index contributed by atoms with van der Waals surface area (Å²) in [5.74, 6) is -7.62. The average Bonchev–Trinajstić information content (AvgIpc) is 3.34. The first-order valence-corrected chi connectivity index (χ1v) is 23.6. The number of benzene rings is 3. The first kappa shape index (κ1) is 57.8. The lowest BCUT2D eigenvalue weighted by Crippen LogP contribution is -2.70. The fourth-order valence-corrected chi connectivity index (χ4v) is 8.09. The summed E-state index contributed by atoms with van der Waals surface area (Å²) < 4.78 is 76.0. The summed E-state index contributed by atoms with van der Waals surface area (Å²) in [5, 5.41) is 2.46. The van der Waals surface area contributed by atoms with Gasteiger partial charge in [0.25, 0.3) is 5.79 Å². The van der Waals surface area contributed by atoms with Crippen LogP contribution in [0.3, 0.4) is 0 Å². The van der Waals surface area contributed by atoms with E-state index >= 15 is 0 Å². The third kappa shape index (κ3) is 17.5. The third-order valence-electron chi connectivity index (χ3n) is 10.9. The van der Waals surface area contributed by atoms with E-state index in [4.69, 9.17) is 96.4 Å². The number of alkyl carbamates (subject to hydrolysis) is 1. The molecule has 20 nitrogen and oxygen atoms in total. The van der Waals surface area contributed by atoms with Crippen molar-refractivity contribution in [2.75, 3.05) is 34.0 Å². The van der Waals surface area contributed by atoms with E-state index < -0.39 is 133 Å². The quantitative estimate of drug-likeness (QED) is 0.0690. The van der Waals surface area contributed by atoms with E-state index in [1.165, 1.54) is 7.11 Å². The molecule has 3 aromatic rings. The number of methoxy groups -OCH3 is 2. The van der Waals surface area contributed by atoms with Crippen LogP contribution in [0.5, 0.6) is 0 Å². The van der Waals surface area contributed by atoms with Gasteiger partial charge in [-0.15, -0.1) is 0 Å². The Balaban J connectivity index is 1.62. The van der Waals surface area contributed by atoms with Crippen LogP contribution in [-0.4, -0.2) is 141 Å². The van der Waals surface area contributed by atoms with Gasteiger partial charge in [-0.1, -0.05) is 126 Å². The summed E-state index contributed by atoms with van der Waals surface area (Å²) in [6, 6.07) is 26.3. The molecule has 0 aromatic heterocycles. The monoisotopic (exact) mass is 1070 g/mol. The highest BCUT2D eigenvalue weighted by atomic mass is 35.6. The van der Waals surface area contributed by atoms with E-state index in [0.29, 0.717) is 0 Å². The van der Waals surface area contributed by atoms with Crippen molar-refractivity contribution in [3.05, 3.63) is 108 Å². The molecule has 0 radical (unpaired) electrons. The van der Waals surface area contributed by atoms with Crippen molar-refractivity contribution in [2.24, 2.45) is 0 Å². The molecule has 5 rings (SSSR count). The molecule has 72 heavy (non-hydrogen) atoms. The number of nitrogens with one attached hydrogen (secondary N) is 1. The number of alkyl halides is 3. The molecule has 0 unspecified atom stereocenters. The Morgan fingerprint density at radius 1 is 0.694 bits per heavy atom. The predicted octanol–water partition coefficient (Wildman–Crippen LogP) is 5.61. The molecule has 1 N–H and O–H groups in total. The molecule has 2 aliphatic rings. The molecule has 0 bridgehead atoms. The van der Waals surface area contributed by atoms with E-state index in [9.17, 15) is 28.8 Å². The maximum atomic E-state index is 14.4. The van der Waals surface area contributed by atoms with Gasteiger partial charge in [-0.25, -0.2) is 9.59 Å². The largest absolute Gasteiger partial charge is 0.465 e. The maximum absolute atomic E-state index is 14.4. The van der Waals surface area contributed by atoms with Gasteiger partial charge in [0.2, 0.25) is 3.79 Å². The van der Waals surface area contributed by atoms with Gasteiger partial charge in [0.15, 0.2) is 18.5 Å². The Morgan fingerprint density at radius 3 is 1.69 bits per heavy atom. The van der Waals surface area contributed by atoms with Crippen molar-refractivity contribution < 1.29 is 90.3 Å². The highest BCUT2D eigenvalue weighted by molar-refractivity contribution is 6.67. The van der Waals surface area contributed by atoms with Crippen LogP contribution >= 0.6 is 34.8 Å². The van der Waals surface area contributed by atoms with Crippen LogP contribution in [0.15, 0.2) is 91.0 Å². The molecule has 0 spiro atoms. The van der Waals surface area contributed by atoms with E-state index in [1.807, 2.05) is 91.0 Å². The van der Waals surface area contributed by atoms with Gasteiger partial charge in [-0.05, 0) is 16.7 Å². The fourth-order valence-electron chi connectivity index (χ4n) is 7.92. The lowest BCUT2D eigenvalue weighted by Gasteiger charge is -2.49. The third-order valence-corrected chi connectivity index (χ3v) is 11.3. The maximum Gasteiger partial charge on any atom is 0.407 e. The molecule has 0 aliphatic carbocycles. The molecule has 2 saturated heterocycles. The minimum Gasteiger partial charge on any atom is -0.465 e. The highest BCUT2D eigenvalue weighted by Gasteiger charge is 2.60. The topological polar surface area (TPSA) is 234 Å². The van der Waals surface area contributed by atoms with Crippen molar-refractivity contribution in [3.8, 4) is 0 Å². The molecule has 2 aliphatic heterocycles. The lowest BCUT2D eigenvalue weighted by atomic mass is 9.88. The van der Waals surface area contributed by atoms with Gasteiger partial charge >= 0.3 is 35.9 Å². The van der Waals surface area contributed by atoms with Crippen LogP contribution in [0, 0.1) is 0 Å². The first-order valence-electron chi connectivity index (χ1n) is 22.5. The van der Waals surface area contributed by atoms with Gasteiger partial charge in [-0.3, -0.25) is 19.2 Å². The van der Waals surface area contributed by atoms with Gasteiger partial charge in [0.05, 0.1) is 46.0 Å².